The quantitative estimate of drug-likeness (QED) is 0.721. The van der Waals surface area contributed by atoms with Crippen molar-refractivity contribution < 1.29 is 13.2 Å². The molecule has 22 heavy (non-hydrogen) atoms. The van der Waals surface area contributed by atoms with E-state index in [4.69, 9.17) is 0 Å². The van der Waals surface area contributed by atoms with Crippen molar-refractivity contribution in [2.75, 3.05) is 11.9 Å². The summed E-state index contributed by atoms with van der Waals surface area (Å²) in [5, 5.41) is 2.81. The molecule has 0 radical (unpaired) electrons. The van der Waals surface area contributed by atoms with Crippen LogP contribution in [-0.2, 0) is 14.8 Å². The van der Waals surface area contributed by atoms with Crippen molar-refractivity contribution in [2.24, 2.45) is 5.41 Å². The molecular formula is C16H26N2O3S. The minimum Gasteiger partial charge on any atom is -0.326 e. The third kappa shape index (κ3) is 5.10. The number of hydrogen-bond donors (Lipinski definition) is 2. The molecule has 2 N–H and O–H groups in total. The second-order valence-electron chi connectivity index (χ2n) is 5.97. The number of rotatable bonds is 8. The molecule has 5 nitrogen and oxygen atoms in total. The topological polar surface area (TPSA) is 75.3 Å². The molecular weight excluding hydrogens is 300 g/mol. The molecule has 124 valence electrons. The summed E-state index contributed by atoms with van der Waals surface area (Å²) in [6, 6.07) is 6.22. The Hall–Kier alpha value is -1.40. The van der Waals surface area contributed by atoms with Crippen molar-refractivity contribution in [3.8, 4) is 0 Å². The predicted octanol–water partition coefficient (Wildman–Crippen LogP) is 3.14. The number of benzene rings is 1. The maximum atomic E-state index is 12.1. The summed E-state index contributed by atoms with van der Waals surface area (Å²) < 4.78 is 26.6. The van der Waals surface area contributed by atoms with E-state index in [-0.39, 0.29) is 10.8 Å². The largest absolute Gasteiger partial charge is 0.326 e. The molecule has 0 bridgehead atoms. The van der Waals surface area contributed by atoms with E-state index in [0.29, 0.717) is 12.2 Å². The van der Waals surface area contributed by atoms with E-state index in [0.717, 1.165) is 19.3 Å². The van der Waals surface area contributed by atoms with Gasteiger partial charge in [0.25, 0.3) is 0 Å². The number of hydrogen-bond acceptors (Lipinski definition) is 3. The Morgan fingerprint density at radius 2 is 1.73 bits per heavy atom. The smallest absolute Gasteiger partial charge is 0.240 e. The summed E-state index contributed by atoms with van der Waals surface area (Å²) >= 11 is 0. The number of anilines is 1. The van der Waals surface area contributed by atoms with Gasteiger partial charge in [0.2, 0.25) is 15.9 Å². The zero-order valence-corrected chi connectivity index (χ0v) is 14.6. The van der Waals surface area contributed by atoms with E-state index < -0.39 is 15.4 Å². The first-order valence-electron chi connectivity index (χ1n) is 7.64. The van der Waals surface area contributed by atoms with Gasteiger partial charge in [-0.05, 0) is 37.1 Å². The van der Waals surface area contributed by atoms with Crippen LogP contribution in [0.1, 0.15) is 47.0 Å². The third-order valence-corrected chi connectivity index (χ3v) is 5.22. The second-order valence-corrected chi connectivity index (χ2v) is 7.73. The molecule has 0 saturated heterocycles. The fourth-order valence-corrected chi connectivity index (χ4v) is 2.72. The molecule has 1 aromatic carbocycles. The molecule has 0 aliphatic carbocycles. The average Bonchev–Trinajstić information content (AvgIpc) is 2.48. The lowest BCUT2D eigenvalue weighted by atomic mass is 9.89. The highest BCUT2D eigenvalue weighted by Gasteiger charge is 2.25. The second kappa shape index (κ2) is 7.74. The van der Waals surface area contributed by atoms with Crippen molar-refractivity contribution >= 4 is 21.6 Å². The van der Waals surface area contributed by atoms with Crippen LogP contribution in [-0.4, -0.2) is 20.9 Å². The van der Waals surface area contributed by atoms with Gasteiger partial charge in [-0.1, -0.05) is 34.1 Å². The highest BCUT2D eigenvalue weighted by Crippen LogP contribution is 2.23. The minimum absolute atomic E-state index is 0.0772. The molecule has 0 saturated carbocycles. The van der Waals surface area contributed by atoms with E-state index in [2.05, 4.69) is 10.0 Å². The average molecular weight is 326 g/mol. The van der Waals surface area contributed by atoms with Crippen molar-refractivity contribution in [1.29, 1.82) is 0 Å². The number of sulfonamides is 1. The lowest BCUT2D eigenvalue weighted by Crippen LogP contribution is -2.30. The van der Waals surface area contributed by atoms with Crippen LogP contribution in [0.15, 0.2) is 29.2 Å². The molecule has 0 heterocycles. The third-order valence-electron chi connectivity index (χ3n) is 3.74. The van der Waals surface area contributed by atoms with Crippen LogP contribution in [0.2, 0.25) is 0 Å². The van der Waals surface area contributed by atoms with E-state index in [1.165, 1.54) is 12.1 Å². The van der Waals surface area contributed by atoms with E-state index in [1.807, 2.05) is 27.7 Å². The van der Waals surface area contributed by atoms with Gasteiger partial charge in [-0.3, -0.25) is 4.79 Å². The fourth-order valence-electron chi connectivity index (χ4n) is 1.64. The first kappa shape index (κ1) is 18.6. The molecule has 0 atom stereocenters. The summed E-state index contributed by atoms with van der Waals surface area (Å²) in [6.45, 7) is 8.14. The van der Waals surface area contributed by atoms with Crippen LogP contribution in [0.5, 0.6) is 0 Å². The van der Waals surface area contributed by atoms with Crippen molar-refractivity contribution in [2.45, 2.75) is 51.9 Å². The molecule has 0 aliphatic rings. The molecule has 1 aromatic rings. The van der Waals surface area contributed by atoms with Gasteiger partial charge in [-0.25, -0.2) is 13.1 Å². The van der Waals surface area contributed by atoms with Gasteiger partial charge in [-0.15, -0.1) is 0 Å². The monoisotopic (exact) mass is 326 g/mol. The Kier molecular flexibility index (Phi) is 6.56. The number of carbonyl (C=O) groups is 1. The van der Waals surface area contributed by atoms with Crippen molar-refractivity contribution in [3.63, 3.8) is 0 Å². The molecule has 0 aromatic heterocycles. The lowest BCUT2D eigenvalue weighted by Gasteiger charge is -2.21. The van der Waals surface area contributed by atoms with Crippen LogP contribution in [0.25, 0.3) is 0 Å². The normalized spacial score (nSPS) is 12.2. The van der Waals surface area contributed by atoms with Gasteiger partial charge in [-0.2, -0.15) is 0 Å². The SMILES string of the molecule is CCCCNS(=O)(=O)c1ccc(NC(=O)C(C)(C)CC)cc1. The van der Waals surface area contributed by atoms with E-state index >= 15 is 0 Å². The molecule has 6 heteroatoms. The molecule has 0 unspecified atom stereocenters. The maximum absolute atomic E-state index is 12.1. The highest BCUT2D eigenvalue weighted by molar-refractivity contribution is 7.89. The summed E-state index contributed by atoms with van der Waals surface area (Å²) in [5.74, 6) is -0.0772. The van der Waals surface area contributed by atoms with Gasteiger partial charge < -0.3 is 5.32 Å². The van der Waals surface area contributed by atoms with Gasteiger partial charge in [0.15, 0.2) is 0 Å². The summed E-state index contributed by atoms with van der Waals surface area (Å²) in [6.07, 6.45) is 2.47. The first-order chi connectivity index (χ1) is 10.2. The number of carbonyl (C=O) groups excluding carboxylic acids is 1. The molecule has 0 fully saturated rings. The zero-order valence-electron chi connectivity index (χ0n) is 13.8. The predicted molar refractivity (Wildman–Crippen MR) is 89.2 cm³/mol. The number of unbranched alkanes of at least 4 members (excludes halogenated alkanes) is 1. The van der Waals surface area contributed by atoms with Crippen LogP contribution < -0.4 is 10.0 Å². The molecule has 0 aliphatic heterocycles. The van der Waals surface area contributed by atoms with Crippen LogP contribution in [0.3, 0.4) is 0 Å². The van der Waals surface area contributed by atoms with E-state index in [1.54, 1.807) is 12.1 Å². The molecule has 1 rings (SSSR count). The Bertz CT molecular complexity index is 592. The van der Waals surface area contributed by atoms with Crippen LogP contribution >= 0.6 is 0 Å². The van der Waals surface area contributed by atoms with Crippen LogP contribution in [0, 0.1) is 5.41 Å². The standard InChI is InChI=1S/C16H26N2O3S/c1-5-7-12-17-22(20,21)14-10-8-13(9-11-14)18-15(19)16(3,4)6-2/h8-11,17H,5-7,12H2,1-4H3,(H,18,19). The Labute approximate surface area is 133 Å². The fraction of sp³-hybridized carbons (Fsp3) is 0.562. The Morgan fingerprint density at radius 3 is 2.23 bits per heavy atom. The highest BCUT2D eigenvalue weighted by atomic mass is 32.2. The number of amides is 1. The van der Waals surface area contributed by atoms with Crippen LogP contribution in [0.4, 0.5) is 5.69 Å². The molecule has 0 spiro atoms. The van der Waals surface area contributed by atoms with Gasteiger partial charge >= 0.3 is 0 Å². The van der Waals surface area contributed by atoms with Crippen molar-refractivity contribution in [3.05, 3.63) is 24.3 Å². The summed E-state index contributed by atoms with van der Waals surface area (Å²) in [5.41, 5.74) is 0.144. The van der Waals surface area contributed by atoms with Crippen molar-refractivity contribution in [1.82, 2.24) is 4.72 Å². The first-order valence-corrected chi connectivity index (χ1v) is 9.12. The van der Waals surface area contributed by atoms with E-state index in [9.17, 15) is 13.2 Å². The lowest BCUT2D eigenvalue weighted by molar-refractivity contribution is -0.124. The zero-order chi connectivity index (χ0) is 16.8. The maximum Gasteiger partial charge on any atom is 0.240 e. The Balaban J connectivity index is 2.77. The molecule has 1 amide bonds. The minimum atomic E-state index is -3.47. The van der Waals surface area contributed by atoms with Gasteiger partial charge in [0.05, 0.1) is 4.90 Å². The Morgan fingerprint density at radius 1 is 1.14 bits per heavy atom. The summed E-state index contributed by atoms with van der Waals surface area (Å²) in [4.78, 5) is 12.3. The van der Waals surface area contributed by atoms with Gasteiger partial charge in [0, 0.05) is 17.6 Å². The van der Waals surface area contributed by atoms with Gasteiger partial charge in [0.1, 0.15) is 0 Å². The summed E-state index contributed by atoms with van der Waals surface area (Å²) in [7, 11) is -3.47. The number of nitrogens with one attached hydrogen (secondary N) is 2.